The van der Waals surface area contributed by atoms with E-state index >= 15 is 0 Å². The number of nitrogens with one attached hydrogen (secondary N) is 1. The van der Waals surface area contributed by atoms with Gasteiger partial charge in [0, 0.05) is 29.1 Å². The highest BCUT2D eigenvalue weighted by atomic mass is 35.5. The van der Waals surface area contributed by atoms with Crippen LogP contribution in [0.2, 0.25) is 5.02 Å². The lowest BCUT2D eigenvalue weighted by atomic mass is 9.64. The van der Waals surface area contributed by atoms with Crippen molar-refractivity contribution in [1.29, 1.82) is 0 Å². The van der Waals surface area contributed by atoms with Crippen molar-refractivity contribution in [3.63, 3.8) is 0 Å². The number of rotatable bonds is 1. The van der Waals surface area contributed by atoms with Gasteiger partial charge in [-0.15, -0.1) is 23.5 Å². The number of hydrogen-bond donors (Lipinski definition) is 2. The molecule has 1 amide bonds. The molecule has 0 aromatic heterocycles. The highest BCUT2D eigenvalue weighted by Gasteiger charge is 2.52. The van der Waals surface area contributed by atoms with E-state index in [-0.39, 0.29) is 33.3 Å². The number of hydrogen-bond acceptors (Lipinski definition) is 8. The SMILES string of the molecule is C[C@@H]1[C@@H](C)C/C=C/[C@@](O)(C2SCCCS2)[C@@H]2CC[C@H]2CN2C[C@@]3(CCCc4cc(Cl)ccc43)COc3ccc(cc32)C(=O)NS1(=O)=O. The third kappa shape index (κ3) is 6.35. The number of thioether (sulfide) groups is 2. The van der Waals surface area contributed by atoms with E-state index in [4.69, 9.17) is 16.3 Å². The van der Waals surface area contributed by atoms with E-state index in [9.17, 15) is 18.3 Å². The number of sulfonamides is 1. The number of ether oxygens (including phenoxy) is 1. The zero-order valence-electron chi connectivity index (χ0n) is 27.1. The van der Waals surface area contributed by atoms with Crippen molar-refractivity contribution in [2.45, 2.75) is 79.6 Å². The number of carbonyl (C=O) groups excluding carboxylic acids is 1. The van der Waals surface area contributed by atoms with Crippen LogP contribution in [0.1, 0.15) is 73.9 Å². The molecule has 7 nitrogen and oxygen atoms in total. The van der Waals surface area contributed by atoms with Gasteiger partial charge in [0.15, 0.2) is 0 Å². The van der Waals surface area contributed by atoms with Crippen LogP contribution in [0.3, 0.4) is 0 Å². The molecule has 0 radical (unpaired) electrons. The zero-order valence-corrected chi connectivity index (χ0v) is 30.3. The minimum atomic E-state index is -3.95. The number of anilines is 1. The van der Waals surface area contributed by atoms with E-state index in [1.807, 2.05) is 54.7 Å². The maximum Gasteiger partial charge on any atom is 0.264 e. The molecule has 254 valence electrons. The normalized spacial score (nSPS) is 35.0. The molecule has 2 N–H and O–H groups in total. The highest BCUT2D eigenvalue weighted by molar-refractivity contribution is 8.17. The first kappa shape index (κ1) is 33.6. The van der Waals surface area contributed by atoms with E-state index in [0.717, 1.165) is 60.7 Å². The number of fused-ring (bicyclic) bond motifs is 4. The highest BCUT2D eigenvalue weighted by Crippen LogP contribution is 2.53. The van der Waals surface area contributed by atoms with Gasteiger partial charge < -0.3 is 14.7 Å². The average Bonchev–Trinajstić information content (AvgIpc) is 3.19. The summed E-state index contributed by atoms with van der Waals surface area (Å²) in [7, 11) is -3.95. The molecule has 5 aliphatic rings. The average molecular weight is 717 g/mol. The molecule has 0 unspecified atom stereocenters. The first-order valence-corrected chi connectivity index (χ1v) is 21.0. The van der Waals surface area contributed by atoms with Crippen molar-refractivity contribution >= 4 is 56.7 Å². The molecule has 2 aromatic carbocycles. The molecule has 1 saturated heterocycles. The molecule has 1 spiro atoms. The van der Waals surface area contributed by atoms with Gasteiger partial charge in [-0.2, -0.15) is 0 Å². The van der Waals surface area contributed by atoms with E-state index in [0.29, 0.717) is 31.9 Å². The van der Waals surface area contributed by atoms with Gasteiger partial charge in [-0.1, -0.05) is 36.7 Å². The van der Waals surface area contributed by atoms with Crippen molar-refractivity contribution in [1.82, 2.24) is 4.72 Å². The number of benzene rings is 2. The summed E-state index contributed by atoms with van der Waals surface area (Å²) >= 11 is 10.2. The molecule has 47 heavy (non-hydrogen) atoms. The number of nitrogens with zero attached hydrogens (tertiary/aromatic N) is 1. The van der Waals surface area contributed by atoms with Crippen LogP contribution in [0.5, 0.6) is 5.75 Å². The van der Waals surface area contributed by atoms with Crippen molar-refractivity contribution in [2.75, 3.05) is 36.1 Å². The minimum absolute atomic E-state index is 0.0302. The Morgan fingerprint density at radius 1 is 1.09 bits per heavy atom. The summed E-state index contributed by atoms with van der Waals surface area (Å²) in [4.78, 5) is 15.9. The number of amides is 1. The van der Waals surface area contributed by atoms with Crippen LogP contribution in [-0.2, 0) is 21.9 Å². The van der Waals surface area contributed by atoms with Crippen LogP contribution in [0.25, 0.3) is 0 Å². The lowest BCUT2D eigenvalue weighted by Crippen LogP contribution is -2.55. The minimum Gasteiger partial charge on any atom is -0.490 e. The van der Waals surface area contributed by atoms with Crippen LogP contribution >= 0.6 is 35.1 Å². The Balaban J connectivity index is 1.32. The number of allylic oxidation sites excluding steroid dienone is 1. The topological polar surface area (TPSA) is 95.9 Å². The quantitative estimate of drug-likeness (QED) is 0.311. The molecule has 2 aliphatic carbocycles. The van der Waals surface area contributed by atoms with Gasteiger partial charge >= 0.3 is 0 Å². The Morgan fingerprint density at radius 3 is 2.66 bits per heavy atom. The molecule has 2 aromatic rings. The summed E-state index contributed by atoms with van der Waals surface area (Å²) in [5.74, 6) is 2.18. The fourth-order valence-corrected chi connectivity index (χ4v) is 13.0. The van der Waals surface area contributed by atoms with Gasteiger partial charge in [0.25, 0.3) is 5.91 Å². The molecule has 1 saturated carbocycles. The Morgan fingerprint density at radius 2 is 1.89 bits per heavy atom. The van der Waals surface area contributed by atoms with Gasteiger partial charge in [0.1, 0.15) is 11.4 Å². The monoisotopic (exact) mass is 716 g/mol. The third-order valence-electron chi connectivity index (χ3n) is 11.4. The number of halogens is 1. The van der Waals surface area contributed by atoms with Gasteiger partial charge in [-0.05, 0) is 123 Å². The lowest BCUT2D eigenvalue weighted by molar-refractivity contribution is -0.0333. The summed E-state index contributed by atoms with van der Waals surface area (Å²) in [5, 5.41) is 12.6. The summed E-state index contributed by atoms with van der Waals surface area (Å²) in [6.07, 6.45) is 10.5. The summed E-state index contributed by atoms with van der Waals surface area (Å²) < 4.78 is 35.9. The maximum atomic E-state index is 13.5. The van der Waals surface area contributed by atoms with Crippen LogP contribution in [0.15, 0.2) is 48.6 Å². The Bertz CT molecular complexity index is 1660. The van der Waals surface area contributed by atoms with Gasteiger partial charge in [0.05, 0.1) is 22.1 Å². The molecule has 7 rings (SSSR count). The molecule has 6 atom stereocenters. The second-order valence-corrected chi connectivity index (χ2v) is 19.5. The van der Waals surface area contributed by atoms with Gasteiger partial charge in [0.2, 0.25) is 10.0 Å². The van der Waals surface area contributed by atoms with E-state index in [1.54, 1.807) is 19.1 Å². The zero-order chi connectivity index (χ0) is 33.0. The van der Waals surface area contributed by atoms with E-state index in [1.165, 1.54) is 11.1 Å². The van der Waals surface area contributed by atoms with Crippen molar-refractivity contribution in [3.8, 4) is 5.75 Å². The standard InChI is InChI=1S/C36H45ClN2O5S3/c1-23-6-3-15-36(41,34-45-16-5-17-46-34)30-11-8-27(30)20-39-21-35(14-4-7-25-18-28(37)10-12-29(25)35)22-44-32-13-9-26(19-31(32)39)33(40)38-47(42,43)24(23)2/h3,9-10,12-13,15,18-19,23-24,27,30,34,41H,4-8,11,14,16-17,20-22H2,1-2H3,(H,38,40)/b15-3+/t23-,24+,27-,30+,35-,36-/m0/s1. The largest absolute Gasteiger partial charge is 0.490 e. The van der Waals surface area contributed by atoms with Crippen LogP contribution in [0.4, 0.5) is 5.69 Å². The Labute approximate surface area is 292 Å². The van der Waals surface area contributed by atoms with Gasteiger partial charge in [-0.25, -0.2) is 13.1 Å². The lowest BCUT2D eigenvalue weighted by Gasteiger charge is -2.51. The molecule has 2 fully saturated rings. The van der Waals surface area contributed by atoms with Gasteiger partial charge in [-0.3, -0.25) is 4.79 Å². The van der Waals surface area contributed by atoms with Crippen molar-refractivity contribution in [3.05, 3.63) is 70.3 Å². The second kappa shape index (κ2) is 13.1. The second-order valence-electron chi connectivity index (χ2n) is 14.3. The van der Waals surface area contributed by atoms with E-state index < -0.39 is 26.8 Å². The molecule has 3 heterocycles. The molecule has 11 heteroatoms. The maximum absolute atomic E-state index is 13.5. The summed E-state index contributed by atoms with van der Waals surface area (Å²) in [6.45, 7) is 5.44. The third-order valence-corrected chi connectivity index (χ3v) is 16.8. The predicted molar refractivity (Wildman–Crippen MR) is 193 cm³/mol. The fraction of sp³-hybridized carbons (Fsp3) is 0.583. The summed E-state index contributed by atoms with van der Waals surface area (Å²) in [5.41, 5.74) is 2.32. The van der Waals surface area contributed by atoms with Crippen LogP contribution in [0, 0.1) is 17.8 Å². The number of aryl methyl sites for hydroxylation is 1. The number of carbonyl (C=O) groups is 1. The Hall–Kier alpha value is -1.85. The fourth-order valence-electron chi connectivity index (χ4n) is 8.32. The van der Waals surface area contributed by atoms with Crippen LogP contribution in [-0.4, -0.2) is 66.1 Å². The first-order chi connectivity index (χ1) is 22.5. The molecular weight excluding hydrogens is 672 g/mol. The predicted octanol–water partition coefficient (Wildman–Crippen LogP) is 6.81. The smallest absolute Gasteiger partial charge is 0.264 e. The van der Waals surface area contributed by atoms with E-state index in [2.05, 4.69) is 21.8 Å². The van der Waals surface area contributed by atoms with Crippen molar-refractivity contribution in [2.24, 2.45) is 17.8 Å². The molecule has 2 bridgehead atoms. The number of aliphatic hydroxyl groups is 1. The van der Waals surface area contributed by atoms with Crippen molar-refractivity contribution < 1.29 is 23.1 Å². The molecule has 3 aliphatic heterocycles. The van der Waals surface area contributed by atoms with Crippen LogP contribution < -0.4 is 14.4 Å². The summed E-state index contributed by atoms with van der Waals surface area (Å²) in [6, 6.07) is 11.5. The first-order valence-electron chi connectivity index (χ1n) is 17.0. The Kier molecular flexibility index (Phi) is 9.39. The molecular formula is C36H45ClN2O5S3.